The number of aromatic nitrogens is 2. The summed E-state index contributed by atoms with van der Waals surface area (Å²) in [7, 11) is 0. The molecule has 0 bridgehead atoms. The number of ether oxygens (including phenoxy) is 1. The van der Waals surface area contributed by atoms with E-state index in [0.717, 1.165) is 19.4 Å². The zero-order chi connectivity index (χ0) is 15.7. The van der Waals surface area contributed by atoms with E-state index >= 15 is 0 Å². The first-order valence-electron chi connectivity index (χ1n) is 7.16. The summed E-state index contributed by atoms with van der Waals surface area (Å²) in [4.78, 5) is 12.6. The second-order valence-electron chi connectivity index (χ2n) is 5.17. The van der Waals surface area contributed by atoms with E-state index in [1.807, 2.05) is 4.68 Å². The van der Waals surface area contributed by atoms with Crippen molar-refractivity contribution in [3.63, 3.8) is 0 Å². The van der Waals surface area contributed by atoms with Gasteiger partial charge in [-0.15, -0.1) is 0 Å². The van der Waals surface area contributed by atoms with Crippen molar-refractivity contribution in [3.8, 4) is 16.9 Å². The lowest BCUT2D eigenvalue weighted by molar-refractivity contribution is 0.356. The summed E-state index contributed by atoms with van der Waals surface area (Å²) in [6.45, 7) is 5.43. The lowest BCUT2D eigenvalue weighted by Gasteiger charge is -2.17. The van der Waals surface area contributed by atoms with Gasteiger partial charge in [0.1, 0.15) is 17.5 Å². The van der Waals surface area contributed by atoms with E-state index in [0.29, 0.717) is 40.2 Å². The number of rotatable bonds is 4. The smallest absolute Gasteiger partial charge is 0.276 e. The van der Waals surface area contributed by atoms with Crippen molar-refractivity contribution in [2.24, 2.45) is 0 Å². The molecule has 6 heteroatoms. The SMILES string of the molecule is C=CCOc1cc(-c2c(Cl)n3n(c2=O)CCCC3)ccc1Cl. The van der Waals surface area contributed by atoms with Crippen molar-refractivity contribution in [3.05, 3.63) is 51.4 Å². The fourth-order valence-electron chi connectivity index (χ4n) is 2.69. The van der Waals surface area contributed by atoms with Gasteiger partial charge in [-0.1, -0.05) is 41.9 Å². The number of halogens is 2. The minimum absolute atomic E-state index is 0.0679. The molecule has 4 nitrogen and oxygen atoms in total. The van der Waals surface area contributed by atoms with Gasteiger partial charge < -0.3 is 4.74 Å². The van der Waals surface area contributed by atoms with Gasteiger partial charge in [-0.25, -0.2) is 4.68 Å². The van der Waals surface area contributed by atoms with Crippen LogP contribution < -0.4 is 10.3 Å². The highest BCUT2D eigenvalue weighted by Crippen LogP contribution is 2.33. The Morgan fingerprint density at radius 1 is 1.23 bits per heavy atom. The van der Waals surface area contributed by atoms with Crippen LogP contribution in [-0.4, -0.2) is 16.0 Å². The molecule has 2 heterocycles. The molecular formula is C16H16Cl2N2O2. The van der Waals surface area contributed by atoms with Crippen LogP contribution in [0.5, 0.6) is 5.75 Å². The predicted molar refractivity (Wildman–Crippen MR) is 89.1 cm³/mol. The zero-order valence-electron chi connectivity index (χ0n) is 12.0. The Morgan fingerprint density at radius 2 is 1.95 bits per heavy atom. The fourth-order valence-corrected chi connectivity index (χ4v) is 3.22. The molecule has 1 aromatic carbocycles. The van der Waals surface area contributed by atoms with Crippen LogP contribution in [0.2, 0.25) is 10.2 Å². The molecule has 0 atom stereocenters. The van der Waals surface area contributed by atoms with Crippen LogP contribution in [0.25, 0.3) is 11.1 Å². The van der Waals surface area contributed by atoms with Crippen molar-refractivity contribution in [1.82, 2.24) is 9.36 Å². The van der Waals surface area contributed by atoms with Crippen LogP contribution in [0.4, 0.5) is 0 Å². The third kappa shape index (κ3) is 2.57. The van der Waals surface area contributed by atoms with Crippen LogP contribution in [0, 0.1) is 0 Å². The average molecular weight is 339 g/mol. The second-order valence-corrected chi connectivity index (χ2v) is 5.93. The van der Waals surface area contributed by atoms with E-state index in [-0.39, 0.29) is 5.56 Å². The summed E-state index contributed by atoms with van der Waals surface area (Å²) in [5, 5.41) is 0.965. The first-order valence-corrected chi connectivity index (χ1v) is 7.92. The van der Waals surface area contributed by atoms with Gasteiger partial charge in [-0.05, 0) is 30.5 Å². The summed E-state index contributed by atoms with van der Waals surface area (Å²) in [6, 6.07) is 5.26. The Kier molecular flexibility index (Phi) is 4.32. The van der Waals surface area contributed by atoms with E-state index in [1.165, 1.54) is 0 Å². The van der Waals surface area contributed by atoms with Crippen molar-refractivity contribution < 1.29 is 4.74 Å². The number of hydrogen-bond acceptors (Lipinski definition) is 2. The summed E-state index contributed by atoms with van der Waals surface area (Å²) in [5.41, 5.74) is 1.15. The van der Waals surface area contributed by atoms with E-state index in [9.17, 15) is 4.79 Å². The molecular weight excluding hydrogens is 323 g/mol. The molecule has 0 saturated carbocycles. The van der Waals surface area contributed by atoms with Crippen LogP contribution in [-0.2, 0) is 13.1 Å². The Balaban J connectivity index is 2.10. The zero-order valence-corrected chi connectivity index (χ0v) is 13.5. The first kappa shape index (κ1) is 15.3. The third-order valence-electron chi connectivity index (χ3n) is 3.74. The van der Waals surface area contributed by atoms with Gasteiger partial charge in [-0.3, -0.25) is 9.48 Å². The lowest BCUT2D eigenvalue weighted by atomic mass is 10.1. The van der Waals surface area contributed by atoms with Crippen molar-refractivity contribution >= 4 is 23.2 Å². The largest absolute Gasteiger partial charge is 0.488 e. The quantitative estimate of drug-likeness (QED) is 0.790. The monoisotopic (exact) mass is 338 g/mol. The first-order chi connectivity index (χ1) is 10.6. The molecule has 1 aliphatic heterocycles. The van der Waals surface area contributed by atoms with Gasteiger partial charge in [0, 0.05) is 13.1 Å². The number of nitrogens with zero attached hydrogens (tertiary/aromatic N) is 2. The Morgan fingerprint density at radius 3 is 2.64 bits per heavy atom. The van der Waals surface area contributed by atoms with Gasteiger partial charge in [0.25, 0.3) is 5.56 Å². The molecule has 0 saturated heterocycles. The maximum Gasteiger partial charge on any atom is 0.276 e. The average Bonchev–Trinajstić information content (AvgIpc) is 2.79. The Labute approximate surface area is 138 Å². The maximum atomic E-state index is 12.6. The maximum absolute atomic E-state index is 12.6. The molecule has 1 aliphatic rings. The van der Waals surface area contributed by atoms with Crippen molar-refractivity contribution in [2.75, 3.05) is 6.61 Å². The molecule has 1 aromatic heterocycles. The van der Waals surface area contributed by atoms with Crippen molar-refractivity contribution in [2.45, 2.75) is 25.9 Å². The van der Waals surface area contributed by atoms with Gasteiger partial charge in [0.15, 0.2) is 0 Å². The minimum Gasteiger partial charge on any atom is -0.488 e. The molecule has 116 valence electrons. The van der Waals surface area contributed by atoms with E-state index in [2.05, 4.69) is 6.58 Å². The van der Waals surface area contributed by atoms with Crippen LogP contribution >= 0.6 is 23.2 Å². The number of benzene rings is 1. The van der Waals surface area contributed by atoms with E-state index in [4.69, 9.17) is 27.9 Å². The number of fused-ring (bicyclic) bond motifs is 1. The highest BCUT2D eigenvalue weighted by atomic mass is 35.5. The molecule has 0 fully saturated rings. The highest BCUT2D eigenvalue weighted by Gasteiger charge is 2.22. The normalized spacial score (nSPS) is 13.7. The van der Waals surface area contributed by atoms with E-state index < -0.39 is 0 Å². The Hall–Kier alpha value is -1.65. The number of hydrogen-bond donors (Lipinski definition) is 0. The molecule has 2 aromatic rings. The standard InChI is InChI=1S/C16H16Cl2N2O2/c1-2-9-22-13-10-11(5-6-12(13)17)14-15(18)19-7-3-4-8-20(19)16(14)21/h2,5-6,10H,1,3-4,7-9H2. The topological polar surface area (TPSA) is 36.2 Å². The molecule has 0 aliphatic carbocycles. The molecule has 0 N–H and O–H groups in total. The third-order valence-corrected chi connectivity index (χ3v) is 4.44. The highest BCUT2D eigenvalue weighted by molar-refractivity contribution is 6.33. The molecule has 0 spiro atoms. The van der Waals surface area contributed by atoms with E-state index in [1.54, 1.807) is 29.0 Å². The van der Waals surface area contributed by atoms with Gasteiger partial charge in [0.05, 0.1) is 10.6 Å². The van der Waals surface area contributed by atoms with Crippen molar-refractivity contribution in [1.29, 1.82) is 0 Å². The summed E-state index contributed by atoms with van der Waals surface area (Å²) >= 11 is 12.5. The second kappa shape index (κ2) is 6.23. The molecule has 0 unspecified atom stereocenters. The van der Waals surface area contributed by atoms with Gasteiger partial charge in [0.2, 0.25) is 0 Å². The van der Waals surface area contributed by atoms with Crippen LogP contribution in [0.3, 0.4) is 0 Å². The minimum atomic E-state index is -0.0679. The molecule has 0 radical (unpaired) electrons. The molecule has 0 amide bonds. The van der Waals surface area contributed by atoms with Gasteiger partial charge >= 0.3 is 0 Å². The van der Waals surface area contributed by atoms with Crippen LogP contribution in [0.15, 0.2) is 35.6 Å². The Bertz CT molecular complexity index is 777. The molecule has 22 heavy (non-hydrogen) atoms. The summed E-state index contributed by atoms with van der Waals surface area (Å²) in [5.74, 6) is 0.517. The fraction of sp³-hybridized carbons (Fsp3) is 0.312. The lowest BCUT2D eigenvalue weighted by Crippen LogP contribution is -2.27. The van der Waals surface area contributed by atoms with Crippen LogP contribution in [0.1, 0.15) is 12.8 Å². The summed E-state index contributed by atoms with van der Waals surface area (Å²) < 4.78 is 9.08. The summed E-state index contributed by atoms with van der Waals surface area (Å²) in [6.07, 6.45) is 3.66. The van der Waals surface area contributed by atoms with Gasteiger partial charge in [-0.2, -0.15) is 0 Å². The molecule has 3 rings (SSSR count). The predicted octanol–water partition coefficient (Wildman–Crippen LogP) is 3.98.